The molecule has 0 bridgehead atoms. The first-order valence-electron chi connectivity index (χ1n) is 4.81. The van der Waals surface area contributed by atoms with E-state index in [0.29, 0.717) is 11.3 Å². The first-order chi connectivity index (χ1) is 7.61. The minimum atomic E-state index is -0.505. The van der Waals surface area contributed by atoms with Crippen LogP contribution in [-0.2, 0) is 0 Å². The first-order valence-corrected chi connectivity index (χ1v) is 4.81. The van der Waals surface area contributed by atoms with Crippen molar-refractivity contribution in [2.75, 3.05) is 13.2 Å². The maximum atomic E-state index is 10.8. The van der Waals surface area contributed by atoms with Crippen LogP contribution < -0.4 is 9.47 Å². The van der Waals surface area contributed by atoms with Gasteiger partial charge < -0.3 is 14.6 Å². The Morgan fingerprint density at radius 2 is 2.38 bits per heavy atom. The van der Waals surface area contributed by atoms with Gasteiger partial charge >= 0.3 is 5.69 Å². The Labute approximate surface area is 91.6 Å². The average molecular weight is 225 g/mol. The summed E-state index contributed by atoms with van der Waals surface area (Å²) in [6.45, 7) is 1.67. The molecule has 0 saturated heterocycles. The lowest BCUT2D eigenvalue weighted by molar-refractivity contribution is -0.386. The summed E-state index contributed by atoms with van der Waals surface area (Å²) >= 11 is 0. The quantitative estimate of drug-likeness (QED) is 0.600. The van der Waals surface area contributed by atoms with E-state index in [1.807, 2.05) is 0 Å². The van der Waals surface area contributed by atoms with Crippen LogP contribution in [0.1, 0.15) is 5.56 Å². The summed E-state index contributed by atoms with van der Waals surface area (Å²) in [6, 6.07) is 3.09. The molecule has 1 aliphatic heterocycles. The van der Waals surface area contributed by atoms with Crippen molar-refractivity contribution in [2.45, 2.75) is 13.0 Å². The number of benzene rings is 1. The number of nitro groups is 1. The van der Waals surface area contributed by atoms with Crippen LogP contribution in [0.4, 0.5) is 5.69 Å². The summed E-state index contributed by atoms with van der Waals surface area (Å²) in [7, 11) is 0. The largest absolute Gasteiger partial charge is 0.480 e. The molecule has 1 N–H and O–H groups in total. The Morgan fingerprint density at radius 3 is 3.00 bits per heavy atom. The molecule has 0 aromatic heterocycles. The van der Waals surface area contributed by atoms with Crippen LogP contribution in [0, 0.1) is 17.0 Å². The molecule has 0 saturated carbocycles. The van der Waals surface area contributed by atoms with E-state index >= 15 is 0 Å². The Bertz CT molecular complexity index is 431. The molecule has 0 amide bonds. The number of aliphatic hydroxyl groups is 1. The third-order valence-corrected chi connectivity index (χ3v) is 2.29. The molecule has 0 radical (unpaired) electrons. The van der Waals surface area contributed by atoms with Crippen molar-refractivity contribution >= 4 is 5.69 Å². The predicted octanol–water partition coefficient (Wildman–Crippen LogP) is 1.04. The number of aryl methyl sites for hydroxylation is 1. The fraction of sp³-hybridized carbons (Fsp3) is 0.400. The van der Waals surface area contributed by atoms with Crippen LogP contribution in [0.5, 0.6) is 11.5 Å². The fourth-order valence-corrected chi connectivity index (χ4v) is 1.57. The Kier molecular flexibility index (Phi) is 2.66. The second-order valence-electron chi connectivity index (χ2n) is 3.60. The van der Waals surface area contributed by atoms with Gasteiger partial charge in [-0.1, -0.05) is 0 Å². The van der Waals surface area contributed by atoms with Gasteiger partial charge in [0.15, 0.2) is 11.9 Å². The van der Waals surface area contributed by atoms with E-state index in [0.717, 1.165) is 0 Å². The molecule has 6 nitrogen and oxygen atoms in total. The number of nitro benzene ring substituents is 1. The highest BCUT2D eigenvalue weighted by atomic mass is 16.6. The number of ether oxygens (including phenoxy) is 2. The Balaban J connectivity index is 2.45. The number of aliphatic hydroxyl groups excluding tert-OH is 1. The molecule has 6 heteroatoms. The van der Waals surface area contributed by atoms with Gasteiger partial charge in [-0.05, 0) is 18.6 Å². The molecule has 0 fully saturated rings. The highest BCUT2D eigenvalue weighted by Gasteiger charge is 2.28. The summed E-state index contributed by atoms with van der Waals surface area (Å²) in [5.74, 6) is 0.456. The van der Waals surface area contributed by atoms with Gasteiger partial charge in [0, 0.05) is 6.07 Å². The maximum absolute atomic E-state index is 10.8. The van der Waals surface area contributed by atoms with Gasteiger partial charge in [-0.3, -0.25) is 10.1 Å². The summed E-state index contributed by atoms with van der Waals surface area (Å²) < 4.78 is 10.6. The van der Waals surface area contributed by atoms with Crippen LogP contribution in [0.2, 0.25) is 0 Å². The van der Waals surface area contributed by atoms with E-state index < -0.39 is 11.0 Å². The van der Waals surface area contributed by atoms with Crippen LogP contribution in [0.15, 0.2) is 12.1 Å². The molecule has 1 aromatic rings. The van der Waals surface area contributed by atoms with Gasteiger partial charge in [0.1, 0.15) is 6.61 Å². The van der Waals surface area contributed by atoms with Crippen molar-refractivity contribution in [3.8, 4) is 11.5 Å². The number of fused-ring (bicyclic) bond motifs is 1. The van der Waals surface area contributed by atoms with Gasteiger partial charge in [0.05, 0.1) is 11.5 Å². The lowest BCUT2D eigenvalue weighted by Gasteiger charge is -2.25. The molecular formula is C10H11NO5. The zero-order chi connectivity index (χ0) is 11.7. The molecule has 2 rings (SSSR count). The summed E-state index contributed by atoms with van der Waals surface area (Å²) in [5, 5.41) is 19.7. The third-order valence-electron chi connectivity index (χ3n) is 2.29. The van der Waals surface area contributed by atoms with Crippen LogP contribution >= 0.6 is 0 Å². The SMILES string of the molecule is Cc1cc2c(c([N+](=O)[O-])c1)OC[C@@H](CO)O2. The van der Waals surface area contributed by atoms with E-state index in [1.165, 1.54) is 6.07 Å². The highest BCUT2D eigenvalue weighted by molar-refractivity contribution is 5.58. The zero-order valence-electron chi connectivity index (χ0n) is 8.67. The van der Waals surface area contributed by atoms with Gasteiger partial charge in [-0.15, -0.1) is 0 Å². The molecule has 1 heterocycles. The van der Waals surface area contributed by atoms with E-state index in [4.69, 9.17) is 14.6 Å². The standard InChI is InChI=1S/C10H11NO5/c1-6-2-8(11(13)14)10-9(3-6)16-7(4-12)5-15-10/h2-3,7,12H,4-5H2,1H3/t7-/m1/s1. The van der Waals surface area contributed by atoms with Crippen LogP contribution in [-0.4, -0.2) is 29.3 Å². The topological polar surface area (TPSA) is 81.8 Å². The molecule has 1 aliphatic rings. The molecule has 86 valence electrons. The second-order valence-corrected chi connectivity index (χ2v) is 3.60. The molecular weight excluding hydrogens is 214 g/mol. The monoisotopic (exact) mass is 225 g/mol. The zero-order valence-corrected chi connectivity index (χ0v) is 8.67. The summed E-state index contributed by atoms with van der Waals surface area (Å²) in [6.07, 6.45) is -0.464. The third kappa shape index (κ3) is 1.79. The smallest absolute Gasteiger partial charge is 0.315 e. The van der Waals surface area contributed by atoms with Gasteiger partial charge in [0.2, 0.25) is 5.75 Å². The number of hydrogen-bond donors (Lipinski definition) is 1. The highest BCUT2D eigenvalue weighted by Crippen LogP contribution is 2.40. The lowest BCUT2D eigenvalue weighted by Crippen LogP contribution is -2.32. The molecule has 0 aliphatic carbocycles. The Morgan fingerprint density at radius 1 is 1.62 bits per heavy atom. The van der Waals surface area contributed by atoms with Crippen molar-refractivity contribution in [3.63, 3.8) is 0 Å². The van der Waals surface area contributed by atoms with Crippen LogP contribution in [0.25, 0.3) is 0 Å². The van der Waals surface area contributed by atoms with Crippen LogP contribution in [0.3, 0.4) is 0 Å². The number of rotatable bonds is 2. The molecule has 0 spiro atoms. The van der Waals surface area contributed by atoms with Crippen molar-refractivity contribution in [3.05, 3.63) is 27.8 Å². The number of hydrogen-bond acceptors (Lipinski definition) is 5. The minimum Gasteiger partial charge on any atom is -0.480 e. The lowest BCUT2D eigenvalue weighted by atomic mass is 10.1. The van der Waals surface area contributed by atoms with E-state index in [9.17, 15) is 10.1 Å². The Hall–Kier alpha value is -1.82. The first kappa shape index (κ1) is 10.7. The van der Waals surface area contributed by atoms with E-state index in [1.54, 1.807) is 13.0 Å². The molecule has 1 atom stereocenters. The second kappa shape index (κ2) is 3.97. The average Bonchev–Trinajstić information content (AvgIpc) is 2.26. The van der Waals surface area contributed by atoms with Crippen molar-refractivity contribution in [2.24, 2.45) is 0 Å². The summed E-state index contributed by atoms with van der Waals surface area (Å²) in [5.41, 5.74) is 0.610. The van der Waals surface area contributed by atoms with E-state index in [-0.39, 0.29) is 24.7 Å². The van der Waals surface area contributed by atoms with E-state index in [2.05, 4.69) is 0 Å². The maximum Gasteiger partial charge on any atom is 0.315 e. The van der Waals surface area contributed by atoms with Gasteiger partial charge in [-0.25, -0.2) is 0 Å². The predicted molar refractivity (Wildman–Crippen MR) is 54.8 cm³/mol. The molecule has 16 heavy (non-hydrogen) atoms. The van der Waals surface area contributed by atoms with Crippen molar-refractivity contribution in [1.82, 2.24) is 0 Å². The fourth-order valence-electron chi connectivity index (χ4n) is 1.57. The molecule has 0 unspecified atom stereocenters. The minimum absolute atomic E-state index is 0.105. The molecule has 1 aromatic carbocycles. The number of nitrogens with zero attached hydrogens (tertiary/aromatic N) is 1. The van der Waals surface area contributed by atoms with Crippen molar-refractivity contribution < 1.29 is 19.5 Å². The van der Waals surface area contributed by atoms with Gasteiger partial charge in [0.25, 0.3) is 0 Å². The summed E-state index contributed by atoms with van der Waals surface area (Å²) in [4.78, 5) is 10.3. The van der Waals surface area contributed by atoms with Gasteiger partial charge in [-0.2, -0.15) is 0 Å². The normalized spacial score (nSPS) is 18.2. The van der Waals surface area contributed by atoms with Crippen molar-refractivity contribution in [1.29, 1.82) is 0 Å².